The van der Waals surface area contributed by atoms with Gasteiger partial charge in [-0.05, 0) is 41.8 Å². The first kappa shape index (κ1) is 21.0. The van der Waals surface area contributed by atoms with Crippen LogP contribution in [0.3, 0.4) is 0 Å². The zero-order chi connectivity index (χ0) is 20.6. The third kappa shape index (κ3) is 5.63. The predicted octanol–water partition coefficient (Wildman–Crippen LogP) is 2.90. The van der Waals surface area contributed by atoms with Gasteiger partial charge in [0.1, 0.15) is 0 Å². The molecule has 3 rings (SSSR count). The van der Waals surface area contributed by atoms with Gasteiger partial charge in [0.25, 0.3) is 0 Å². The Morgan fingerprint density at radius 3 is 2.69 bits per heavy atom. The number of para-hydroxylation sites is 1. The maximum absolute atomic E-state index is 13.5. The number of carbonyl (C=O) groups excluding carboxylic acids is 1. The van der Waals surface area contributed by atoms with E-state index in [2.05, 4.69) is 28.4 Å². The number of anilines is 1. The van der Waals surface area contributed by atoms with Crippen molar-refractivity contribution < 1.29 is 19.5 Å². The molecule has 0 saturated heterocycles. The molecule has 0 bridgehead atoms. The van der Waals surface area contributed by atoms with Crippen LogP contribution in [0.25, 0.3) is 6.08 Å². The average Bonchev–Trinajstić information content (AvgIpc) is 3.16. The lowest BCUT2D eigenvalue weighted by molar-refractivity contribution is -0.126. The molecule has 2 aromatic rings. The van der Waals surface area contributed by atoms with Crippen LogP contribution in [0.1, 0.15) is 29.0 Å². The van der Waals surface area contributed by atoms with Crippen LogP contribution in [0.5, 0.6) is 0 Å². The number of rotatable bonds is 9. The molecule has 0 radical (unpaired) electrons. The number of fused-ring (bicyclic) bond motifs is 1. The molecule has 0 fully saturated rings. The van der Waals surface area contributed by atoms with Gasteiger partial charge in [0, 0.05) is 31.2 Å². The first-order valence-corrected chi connectivity index (χ1v) is 9.67. The van der Waals surface area contributed by atoms with Crippen LogP contribution in [0, 0.1) is 0 Å². The lowest BCUT2D eigenvalue weighted by Crippen LogP contribution is -2.28. The number of nitrogens with zero attached hydrogens (tertiary/aromatic N) is 1. The topological polar surface area (TPSA) is 84.8 Å². The minimum absolute atomic E-state index is 0.0851. The molecule has 1 aliphatic heterocycles. The number of amides is 1. The molecule has 1 aliphatic rings. The lowest BCUT2D eigenvalue weighted by atomic mass is 9.97. The van der Waals surface area contributed by atoms with Crippen molar-refractivity contribution in [2.45, 2.75) is 18.9 Å². The standard InChI is InChI=1S/C22H26FN3O3/c23-20(22(28)25-29)13-16-5-7-17(8-6-16)15-26(11-12-27)10-9-18-14-24-21-4-2-1-3-19(18)21/h1-8,13,18,24,27,29H,9-12,14-15H2,(H,25,28)/b20-13+. The highest BCUT2D eigenvalue weighted by molar-refractivity contribution is 5.94. The third-order valence-electron chi connectivity index (χ3n) is 5.15. The highest BCUT2D eigenvalue weighted by Gasteiger charge is 2.22. The summed E-state index contributed by atoms with van der Waals surface area (Å²) >= 11 is 0. The van der Waals surface area contributed by atoms with Crippen LogP contribution in [0.2, 0.25) is 0 Å². The second-order valence-electron chi connectivity index (χ2n) is 7.13. The van der Waals surface area contributed by atoms with Gasteiger partial charge in [0.05, 0.1) is 6.61 Å². The van der Waals surface area contributed by atoms with Gasteiger partial charge in [0.2, 0.25) is 0 Å². The summed E-state index contributed by atoms with van der Waals surface area (Å²) in [6.45, 7) is 3.12. The summed E-state index contributed by atoms with van der Waals surface area (Å²) in [6.07, 6.45) is 2.05. The number of carbonyl (C=O) groups is 1. The molecule has 154 valence electrons. The van der Waals surface area contributed by atoms with Crippen LogP contribution in [0.15, 0.2) is 54.4 Å². The normalized spacial score (nSPS) is 15.9. The van der Waals surface area contributed by atoms with E-state index in [0.717, 1.165) is 31.1 Å². The van der Waals surface area contributed by atoms with E-state index in [1.807, 2.05) is 18.2 Å². The summed E-state index contributed by atoms with van der Waals surface area (Å²) in [4.78, 5) is 13.2. The molecular formula is C22H26FN3O3. The van der Waals surface area contributed by atoms with Crippen molar-refractivity contribution in [3.63, 3.8) is 0 Å². The molecule has 7 heteroatoms. The van der Waals surface area contributed by atoms with Crippen molar-refractivity contribution in [1.82, 2.24) is 10.4 Å². The minimum Gasteiger partial charge on any atom is -0.395 e. The number of hydrogen-bond acceptors (Lipinski definition) is 5. The molecule has 0 spiro atoms. The Bertz CT molecular complexity index is 855. The Morgan fingerprint density at radius 2 is 1.97 bits per heavy atom. The molecule has 1 heterocycles. The lowest BCUT2D eigenvalue weighted by Gasteiger charge is -2.23. The van der Waals surface area contributed by atoms with Crippen molar-refractivity contribution >= 4 is 17.7 Å². The van der Waals surface area contributed by atoms with E-state index in [9.17, 15) is 14.3 Å². The van der Waals surface area contributed by atoms with Crippen LogP contribution < -0.4 is 10.8 Å². The quantitative estimate of drug-likeness (QED) is 0.296. The third-order valence-corrected chi connectivity index (χ3v) is 5.15. The van der Waals surface area contributed by atoms with Gasteiger partial charge in [0.15, 0.2) is 5.83 Å². The maximum Gasteiger partial charge on any atom is 0.303 e. The van der Waals surface area contributed by atoms with Crippen molar-refractivity contribution in [2.24, 2.45) is 0 Å². The first-order valence-electron chi connectivity index (χ1n) is 9.67. The van der Waals surface area contributed by atoms with E-state index >= 15 is 0 Å². The number of benzene rings is 2. The van der Waals surface area contributed by atoms with E-state index in [-0.39, 0.29) is 6.61 Å². The molecule has 0 aromatic heterocycles. The Labute approximate surface area is 169 Å². The van der Waals surface area contributed by atoms with Gasteiger partial charge in [-0.15, -0.1) is 0 Å². The summed E-state index contributed by atoms with van der Waals surface area (Å²) in [5, 5.41) is 21.3. The fourth-order valence-electron chi connectivity index (χ4n) is 3.61. The molecule has 1 amide bonds. The largest absolute Gasteiger partial charge is 0.395 e. The fourth-order valence-corrected chi connectivity index (χ4v) is 3.61. The number of halogens is 1. The Kier molecular flexibility index (Phi) is 7.35. The summed E-state index contributed by atoms with van der Waals surface area (Å²) in [6, 6.07) is 15.5. The Morgan fingerprint density at radius 1 is 1.21 bits per heavy atom. The fraction of sp³-hybridized carbons (Fsp3) is 0.318. The SMILES string of the molecule is O=C(NO)/C(F)=C\c1ccc(CN(CCO)CCC2CNc3ccccc32)cc1. The number of aliphatic hydroxyl groups excluding tert-OH is 1. The number of aliphatic hydroxyl groups is 1. The zero-order valence-corrected chi connectivity index (χ0v) is 16.1. The van der Waals surface area contributed by atoms with E-state index in [1.54, 1.807) is 12.1 Å². The summed E-state index contributed by atoms with van der Waals surface area (Å²) < 4.78 is 13.5. The smallest absolute Gasteiger partial charge is 0.303 e. The minimum atomic E-state index is -1.17. The summed E-state index contributed by atoms with van der Waals surface area (Å²) in [7, 11) is 0. The molecule has 1 atom stereocenters. The first-order chi connectivity index (χ1) is 14.1. The number of hydrogen-bond donors (Lipinski definition) is 4. The molecule has 0 aliphatic carbocycles. The molecule has 29 heavy (non-hydrogen) atoms. The Hall–Kier alpha value is -2.74. The van der Waals surface area contributed by atoms with Crippen molar-refractivity contribution in [1.29, 1.82) is 0 Å². The number of hydroxylamine groups is 1. The van der Waals surface area contributed by atoms with Gasteiger partial charge >= 0.3 is 5.91 Å². The second-order valence-corrected chi connectivity index (χ2v) is 7.13. The van der Waals surface area contributed by atoms with E-state index < -0.39 is 11.7 Å². The van der Waals surface area contributed by atoms with E-state index in [0.29, 0.717) is 24.6 Å². The predicted molar refractivity (Wildman–Crippen MR) is 110 cm³/mol. The Balaban J connectivity index is 1.58. The van der Waals surface area contributed by atoms with Crippen LogP contribution in [-0.4, -0.2) is 47.4 Å². The van der Waals surface area contributed by atoms with Gasteiger partial charge < -0.3 is 10.4 Å². The average molecular weight is 399 g/mol. The van der Waals surface area contributed by atoms with Crippen molar-refractivity contribution in [3.05, 3.63) is 71.0 Å². The zero-order valence-electron chi connectivity index (χ0n) is 16.1. The highest BCUT2D eigenvalue weighted by atomic mass is 19.1. The van der Waals surface area contributed by atoms with Crippen LogP contribution in [0.4, 0.5) is 10.1 Å². The van der Waals surface area contributed by atoms with E-state index in [4.69, 9.17) is 5.21 Å². The summed E-state index contributed by atoms with van der Waals surface area (Å²) in [5.41, 5.74) is 5.38. The number of nitrogens with one attached hydrogen (secondary N) is 2. The van der Waals surface area contributed by atoms with Crippen LogP contribution >= 0.6 is 0 Å². The highest BCUT2D eigenvalue weighted by Crippen LogP contribution is 2.33. The van der Waals surface area contributed by atoms with Gasteiger partial charge in [-0.1, -0.05) is 42.5 Å². The summed E-state index contributed by atoms with van der Waals surface area (Å²) in [5.74, 6) is -1.78. The van der Waals surface area contributed by atoms with Crippen molar-refractivity contribution in [2.75, 3.05) is 31.6 Å². The molecular weight excluding hydrogens is 373 g/mol. The monoisotopic (exact) mass is 399 g/mol. The molecule has 6 nitrogen and oxygen atoms in total. The van der Waals surface area contributed by atoms with Crippen molar-refractivity contribution in [3.8, 4) is 0 Å². The van der Waals surface area contributed by atoms with E-state index in [1.165, 1.54) is 16.7 Å². The second kappa shape index (κ2) is 10.2. The molecule has 2 aromatic carbocycles. The molecule has 4 N–H and O–H groups in total. The molecule has 0 saturated carbocycles. The van der Waals surface area contributed by atoms with Crippen LogP contribution in [-0.2, 0) is 11.3 Å². The maximum atomic E-state index is 13.5. The molecule has 1 unspecified atom stereocenters. The van der Waals surface area contributed by atoms with Gasteiger partial charge in [-0.2, -0.15) is 0 Å². The van der Waals surface area contributed by atoms with Gasteiger partial charge in [-0.3, -0.25) is 14.9 Å². The van der Waals surface area contributed by atoms with Gasteiger partial charge in [-0.25, -0.2) is 9.87 Å².